The number of hydrogen-bond donors (Lipinski definition) is 1. The number of alkyl halides is 3. The highest BCUT2D eigenvalue weighted by Gasteiger charge is 2.32. The molecule has 0 atom stereocenters. The minimum Gasteiger partial charge on any atom is -0.325 e. The van der Waals surface area contributed by atoms with Crippen molar-refractivity contribution < 1.29 is 13.2 Å². The van der Waals surface area contributed by atoms with Gasteiger partial charge in [0.1, 0.15) is 0 Å². The zero-order valence-corrected chi connectivity index (χ0v) is 15.3. The molecule has 4 rings (SSSR count). The molecule has 0 fully saturated rings. The normalized spacial score (nSPS) is 11.9. The Morgan fingerprint density at radius 3 is 2.14 bits per heavy atom. The predicted octanol–water partition coefficient (Wildman–Crippen LogP) is 5.80. The Morgan fingerprint density at radius 1 is 0.929 bits per heavy atom. The van der Waals surface area contributed by atoms with Crippen LogP contribution >= 0.6 is 11.6 Å². The van der Waals surface area contributed by atoms with Gasteiger partial charge in [-0.3, -0.25) is 0 Å². The molecule has 0 aliphatic rings. The molecular formula is C21H15ClF3N3. The molecule has 4 aromatic rings. The van der Waals surface area contributed by atoms with Crippen molar-refractivity contribution in [1.29, 1.82) is 0 Å². The summed E-state index contributed by atoms with van der Waals surface area (Å²) in [6.07, 6.45) is -3.52. The summed E-state index contributed by atoms with van der Waals surface area (Å²) >= 11 is 6.08. The van der Waals surface area contributed by atoms with E-state index in [1.54, 1.807) is 0 Å². The summed E-state index contributed by atoms with van der Waals surface area (Å²) in [6, 6.07) is 18.4. The van der Waals surface area contributed by atoms with E-state index in [0.29, 0.717) is 11.4 Å². The lowest BCUT2D eigenvalue weighted by atomic mass is 10.0. The first-order valence-corrected chi connectivity index (χ1v) is 8.90. The van der Waals surface area contributed by atoms with Crippen molar-refractivity contribution in [2.45, 2.75) is 12.7 Å². The quantitative estimate of drug-likeness (QED) is 0.471. The number of halogens is 4. The smallest absolute Gasteiger partial charge is 0.325 e. The summed E-state index contributed by atoms with van der Waals surface area (Å²) in [5.74, 6) is 0. The average Bonchev–Trinajstić information content (AvgIpc) is 3.07. The third-order valence-corrected chi connectivity index (χ3v) is 4.84. The number of aromatic nitrogens is 2. The second-order valence-corrected chi connectivity index (χ2v) is 6.73. The summed E-state index contributed by atoms with van der Waals surface area (Å²) < 4.78 is 40.8. The fourth-order valence-electron chi connectivity index (χ4n) is 3.18. The van der Waals surface area contributed by atoms with Gasteiger partial charge in [0, 0.05) is 18.3 Å². The molecule has 2 aromatic carbocycles. The van der Waals surface area contributed by atoms with Crippen LogP contribution in [-0.2, 0) is 12.7 Å². The van der Waals surface area contributed by atoms with E-state index in [1.165, 1.54) is 4.40 Å². The van der Waals surface area contributed by atoms with Gasteiger partial charge in [-0.2, -0.15) is 13.2 Å². The number of nitrogens with two attached hydrogens (primary N) is 1. The van der Waals surface area contributed by atoms with E-state index in [0.717, 1.165) is 29.0 Å². The molecule has 0 unspecified atom stereocenters. The van der Waals surface area contributed by atoms with Crippen molar-refractivity contribution in [3.05, 3.63) is 83.1 Å². The summed E-state index contributed by atoms with van der Waals surface area (Å²) in [6.45, 7) is 0.0224. The molecule has 0 saturated carbocycles. The van der Waals surface area contributed by atoms with Crippen LogP contribution in [0.2, 0.25) is 5.02 Å². The van der Waals surface area contributed by atoms with E-state index < -0.39 is 11.7 Å². The van der Waals surface area contributed by atoms with E-state index in [1.807, 2.05) is 54.6 Å². The Morgan fingerprint density at radius 2 is 1.54 bits per heavy atom. The van der Waals surface area contributed by atoms with Crippen molar-refractivity contribution in [3.63, 3.8) is 0 Å². The average molecular weight is 402 g/mol. The molecule has 0 spiro atoms. The first kappa shape index (κ1) is 18.5. The van der Waals surface area contributed by atoms with Crippen molar-refractivity contribution in [2.24, 2.45) is 5.73 Å². The molecule has 142 valence electrons. The summed E-state index contributed by atoms with van der Waals surface area (Å²) in [5.41, 5.74) is 9.09. The minimum absolute atomic E-state index is 0.0224. The van der Waals surface area contributed by atoms with Crippen LogP contribution in [0.4, 0.5) is 13.2 Å². The van der Waals surface area contributed by atoms with Gasteiger partial charge >= 0.3 is 6.18 Å². The Kier molecular flexibility index (Phi) is 4.61. The fourth-order valence-corrected chi connectivity index (χ4v) is 3.43. The summed E-state index contributed by atoms with van der Waals surface area (Å²) in [5, 5.41) is -0.0725. The van der Waals surface area contributed by atoms with Crippen LogP contribution < -0.4 is 5.73 Å². The molecule has 0 saturated heterocycles. The molecule has 7 heteroatoms. The largest absolute Gasteiger partial charge is 0.417 e. The van der Waals surface area contributed by atoms with Crippen LogP contribution in [-0.4, -0.2) is 9.38 Å². The SMILES string of the molecule is NCc1c(-c2ccc(-c3ccccc3)cc2)nc2c(Cl)cc(C(F)(F)F)cn12. The van der Waals surface area contributed by atoms with Crippen LogP contribution in [0.5, 0.6) is 0 Å². The van der Waals surface area contributed by atoms with Gasteiger partial charge in [0.05, 0.1) is 22.0 Å². The van der Waals surface area contributed by atoms with Crippen LogP contribution in [0, 0.1) is 0 Å². The van der Waals surface area contributed by atoms with E-state index in [4.69, 9.17) is 17.3 Å². The van der Waals surface area contributed by atoms with E-state index >= 15 is 0 Å². The van der Waals surface area contributed by atoms with Gasteiger partial charge in [-0.05, 0) is 17.2 Å². The highest BCUT2D eigenvalue weighted by Crippen LogP contribution is 2.35. The highest BCUT2D eigenvalue weighted by atomic mass is 35.5. The van der Waals surface area contributed by atoms with Gasteiger partial charge in [-0.1, -0.05) is 66.2 Å². The zero-order chi connectivity index (χ0) is 19.9. The molecule has 3 nitrogen and oxygen atoms in total. The van der Waals surface area contributed by atoms with Gasteiger partial charge in [-0.15, -0.1) is 0 Å². The summed E-state index contributed by atoms with van der Waals surface area (Å²) in [7, 11) is 0. The maximum Gasteiger partial charge on any atom is 0.417 e. The molecule has 2 aromatic heterocycles. The molecule has 0 aliphatic carbocycles. The van der Waals surface area contributed by atoms with E-state index in [2.05, 4.69) is 4.98 Å². The molecule has 28 heavy (non-hydrogen) atoms. The molecule has 0 radical (unpaired) electrons. The lowest BCUT2D eigenvalue weighted by molar-refractivity contribution is -0.137. The Balaban J connectivity index is 1.84. The fraction of sp³-hybridized carbons (Fsp3) is 0.0952. The topological polar surface area (TPSA) is 43.3 Å². The van der Waals surface area contributed by atoms with Gasteiger partial charge in [0.2, 0.25) is 0 Å². The molecule has 0 bridgehead atoms. The summed E-state index contributed by atoms with van der Waals surface area (Å²) in [4.78, 5) is 4.46. The van der Waals surface area contributed by atoms with Gasteiger partial charge in [0.25, 0.3) is 0 Å². The number of imidazole rings is 1. The number of benzene rings is 2. The second-order valence-electron chi connectivity index (χ2n) is 6.32. The molecular weight excluding hydrogens is 387 g/mol. The number of pyridine rings is 1. The number of fused-ring (bicyclic) bond motifs is 1. The van der Waals surface area contributed by atoms with Crippen molar-refractivity contribution in [1.82, 2.24) is 9.38 Å². The first-order valence-electron chi connectivity index (χ1n) is 8.52. The Bertz CT molecular complexity index is 1130. The monoisotopic (exact) mass is 401 g/mol. The van der Waals surface area contributed by atoms with Crippen molar-refractivity contribution in [2.75, 3.05) is 0 Å². The number of rotatable bonds is 3. The minimum atomic E-state index is -4.51. The predicted molar refractivity (Wildman–Crippen MR) is 104 cm³/mol. The highest BCUT2D eigenvalue weighted by molar-refractivity contribution is 6.33. The van der Waals surface area contributed by atoms with Gasteiger partial charge in [0.15, 0.2) is 5.65 Å². The lowest BCUT2D eigenvalue weighted by Gasteiger charge is -2.09. The molecule has 0 aliphatic heterocycles. The lowest BCUT2D eigenvalue weighted by Crippen LogP contribution is -2.09. The Hall–Kier alpha value is -2.83. The zero-order valence-electron chi connectivity index (χ0n) is 14.5. The van der Waals surface area contributed by atoms with Gasteiger partial charge in [-0.25, -0.2) is 4.98 Å². The van der Waals surface area contributed by atoms with Crippen LogP contribution in [0.15, 0.2) is 66.9 Å². The van der Waals surface area contributed by atoms with Crippen molar-refractivity contribution in [3.8, 4) is 22.4 Å². The standard InChI is InChI=1S/C21H15ClF3N3/c22-17-10-16(21(23,24)25)12-28-18(11-26)19(27-20(17)28)15-8-6-14(7-9-15)13-4-2-1-3-5-13/h1-10,12H,11,26H2. The number of nitrogens with zero attached hydrogens (tertiary/aromatic N) is 2. The number of hydrogen-bond acceptors (Lipinski definition) is 2. The van der Waals surface area contributed by atoms with Crippen LogP contribution in [0.3, 0.4) is 0 Å². The Labute approximate surface area is 164 Å². The second kappa shape index (κ2) is 6.96. The maximum absolute atomic E-state index is 13.1. The third kappa shape index (κ3) is 3.25. The van der Waals surface area contributed by atoms with E-state index in [9.17, 15) is 13.2 Å². The third-order valence-electron chi connectivity index (χ3n) is 4.56. The first-order chi connectivity index (χ1) is 13.4. The van der Waals surface area contributed by atoms with Gasteiger partial charge < -0.3 is 10.1 Å². The molecule has 2 N–H and O–H groups in total. The molecule has 0 amide bonds. The van der Waals surface area contributed by atoms with E-state index in [-0.39, 0.29) is 17.2 Å². The molecule has 2 heterocycles. The van der Waals surface area contributed by atoms with Crippen LogP contribution in [0.1, 0.15) is 11.3 Å². The van der Waals surface area contributed by atoms with Crippen LogP contribution in [0.25, 0.3) is 28.0 Å². The maximum atomic E-state index is 13.1. The van der Waals surface area contributed by atoms with Crippen molar-refractivity contribution >= 4 is 17.2 Å².